The zero-order valence-corrected chi connectivity index (χ0v) is 12.1. The Labute approximate surface area is 121 Å². The maximum atomic E-state index is 11.8. The molecular formula is C12H18N4O5. The maximum Gasteiger partial charge on any atom is 0.408 e. The molecule has 0 radical (unpaired) electrons. The standard InChI is InChI=1S/C12H18N4O5/c1-12(2,3)21-11(19)13-8-5-20-6-9(8)16-4-7(10(17)18)14-15-16/h4,8-9H,5-6H2,1-3H3,(H,13,19)(H,17,18)/t8-,9+/m1/s1. The number of carboxylic acid groups (broad SMARTS) is 1. The van der Waals surface area contributed by atoms with E-state index in [1.54, 1.807) is 20.8 Å². The molecule has 0 unspecified atom stereocenters. The van der Waals surface area contributed by atoms with Crippen LogP contribution in [0.4, 0.5) is 4.79 Å². The van der Waals surface area contributed by atoms with Crippen molar-refractivity contribution in [3.8, 4) is 0 Å². The van der Waals surface area contributed by atoms with E-state index in [1.807, 2.05) is 0 Å². The van der Waals surface area contributed by atoms with Crippen molar-refractivity contribution in [1.82, 2.24) is 20.3 Å². The van der Waals surface area contributed by atoms with Crippen molar-refractivity contribution in [3.63, 3.8) is 0 Å². The zero-order valence-electron chi connectivity index (χ0n) is 12.1. The van der Waals surface area contributed by atoms with Gasteiger partial charge < -0.3 is 19.9 Å². The van der Waals surface area contributed by atoms with Crippen LogP contribution in [0.2, 0.25) is 0 Å². The van der Waals surface area contributed by atoms with Gasteiger partial charge in [0.25, 0.3) is 0 Å². The van der Waals surface area contributed by atoms with Gasteiger partial charge in [-0.15, -0.1) is 5.10 Å². The summed E-state index contributed by atoms with van der Waals surface area (Å²) < 4.78 is 11.9. The Bertz CT molecular complexity index is 536. The summed E-state index contributed by atoms with van der Waals surface area (Å²) in [7, 11) is 0. The molecule has 2 N–H and O–H groups in total. The third-order valence-electron chi connectivity index (χ3n) is 2.82. The highest BCUT2D eigenvalue weighted by molar-refractivity contribution is 5.84. The average molecular weight is 298 g/mol. The number of nitrogens with zero attached hydrogens (tertiary/aromatic N) is 3. The first-order valence-corrected chi connectivity index (χ1v) is 6.48. The summed E-state index contributed by atoms with van der Waals surface area (Å²) in [5, 5.41) is 18.9. The van der Waals surface area contributed by atoms with Crippen LogP contribution in [0.3, 0.4) is 0 Å². The number of aromatic nitrogens is 3. The van der Waals surface area contributed by atoms with Crippen LogP contribution in [0.25, 0.3) is 0 Å². The first-order valence-electron chi connectivity index (χ1n) is 6.48. The average Bonchev–Trinajstić information content (AvgIpc) is 2.93. The van der Waals surface area contributed by atoms with Gasteiger partial charge in [0.2, 0.25) is 0 Å². The third kappa shape index (κ3) is 3.91. The summed E-state index contributed by atoms with van der Waals surface area (Å²) in [6.45, 7) is 5.92. The summed E-state index contributed by atoms with van der Waals surface area (Å²) in [6.07, 6.45) is 0.757. The van der Waals surface area contributed by atoms with Crippen LogP contribution in [0, 0.1) is 0 Å². The lowest BCUT2D eigenvalue weighted by Gasteiger charge is -2.23. The van der Waals surface area contributed by atoms with Gasteiger partial charge >= 0.3 is 12.1 Å². The summed E-state index contributed by atoms with van der Waals surface area (Å²) in [5.74, 6) is -1.16. The van der Waals surface area contributed by atoms with E-state index in [1.165, 1.54) is 10.9 Å². The number of carbonyl (C=O) groups is 2. The molecule has 0 aliphatic carbocycles. The van der Waals surface area contributed by atoms with Gasteiger partial charge in [-0.1, -0.05) is 5.21 Å². The molecule has 1 fully saturated rings. The third-order valence-corrected chi connectivity index (χ3v) is 2.82. The number of carboxylic acids is 1. The van der Waals surface area contributed by atoms with Crippen molar-refractivity contribution >= 4 is 12.1 Å². The number of amides is 1. The molecule has 1 aromatic rings. The normalized spacial score (nSPS) is 22.0. The van der Waals surface area contributed by atoms with Crippen molar-refractivity contribution < 1.29 is 24.2 Å². The number of nitrogens with one attached hydrogen (secondary N) is 1. The number of hydrogen-bond acceptors (Lipinski definition) is 6. The lowest BCUT2D eigenvalue weighted by atomic mass is 10.2. The molecule has 2 rings (SSSR count). The van der Waals surface area contributed by atoms with Gasteiger partial charge in [0.1, 0.15) is 5.60 Å². The van der Waals surface area contributed by atoms with Crippen molar-refractivity contribution in [2.24, 2.45) is 0 Å². The van der Waals surface area contributed by atoms with Gasteiger partial charge in [0, 0.05) is 0 Å². The Hall–Kier alpha value is -2.16. The molecule has 2 atom stereocenters. The van der Waals surface area contributed by atoms with E-state index in [9.17, 15) is 9.59 Å². The predicted molar refractivity (Wildman–Crippen MR) is 70.0 cm³/mol. The van der Waals surface area contributed by atoms with Crippen molar-refractivity contribution in [2.45, 2.75) is 38.5 Å². The molecule has 0 saturated carbocycles. The maximum absolute atomic E-state index is 11.8. The number of ether oxygens (including phenoxy) is 2. The van der Waals surface area contributed by atoms with Gasteiger partial charge in [0.05, 0.1) is 31.5 Å². The summed E-state index contributed by atoms with van der Waals surface area (Å²) in [4.78, 5) is 22.6. The molecule has 116 valence electrons. The Morgan fingerprint density at radius 1 is 1.48 bits per heavy atom. The molecule has 9 heteroatoms. The number of aromatic carboxylic acids is 1. The number of hydrogen-bond donors (Lipinski definition) is 2. The number of rotatable bonds is 3. The van der Waals surface area contributed by atoms with E-state index in [4.69, 9.17) is 14.6 Å². The topological polar surface area (TPSA) is 116 Å². The second-order valence-electron chi connectivity index (χ2n) is 5.75. The van der Waals surface area contributed by atoms with E-state index >= 15 is 0 Å². The van der Waals surface area contributed by atoms with Crippen LogP contribution in [-0.4, -0.2) is 57.0 Å². The minimum atomic E-state index is -1.16. The van der Waals surface area contributed by atoms with Crippen molar-refractivity contribution in [2.75, 3.05) is 13.2 Å². The fraction of sp³-hybridized carbons (Fsp3) is 0.667. The first-order chi connectivity index (χ1) is 9.76. The molecule has 1 aliphatic heterocycles. The van der Waals surface area contributed by atoms with Crippen LogP contribution >= 0.6 is 0 Å². The van der Waals surface area contributed by atoms with Gasteiger partial charge in [0.15, 0.2) is 5.69 Å². The SMILES string of the molecule is CC(C)(C)OC(=O)N[C@@H]1COC[C@@H]1n1cc(C(=O)O)nn1. The van der Waals surface area contributed by atoms with Gasteiger partial charge in [-0.2, -0.15) is 0 Å². The lowest BCUT2D eigenvalue weighted by Crippen LogP contribution is -2.43. The van der Waals surface area contributed by atoms with E-state index in [2.05, 4.69) is 15.6 Å². The highest BCUT2D eigenvalue weighted by Crippen LogP contribution is 2.19. The minimum Gasteiger partial charge on any atom is -0.476 e. The molecule has 0 bridgehead atoms. The fourth-order valence-electron chi connectivity index (χ4n) is 1.94. The van der Waals surface area contributed by atoms with E-state index in [0.29, 0.717) is 13.2 Å². The Morgan fingerprint density at radius 3 is 2.76 bits per heavy atom. The molecule has 9 nitrogen and oxygen atoms in total. The molecule has 0 spiro atoms. The summed E-state index contributed by atoms with van der Waals surface area (Å²) in [5.41, 5.74) is -0.749. The Morgan fingerprint density at radius 2 is 2.19 bits per heavy atom. The molecule has 0 aromatic carbocycles. The molecular weight excluding hydrogens is 280 g/mol. The Balaban J connectivity index is 2.02. The quantitative estimate of drug-likeness (QED) is 0.831. The van der Waals surface area contributed by atoms with Crippen molar-refractivity contribution in [1.29, 1.82) is 0 Å². The second kappa shape index (κ2) is 5.68. The number of alkyl carbamates (subject to hydrolysis) is 1. The molecule has 1 saturated heterocycles. The van der Waals surface area contributed by atoms with Crippen LogP contribution in [-0.2, 0) is 9.47 Å². The molecule has 1 amide bonds. The van der Waals surface area contributed by atoms with Crippen LogP contribution in [0.15, 0.2) is 6.20 Å². The zero-order chi connectivity index (χ0) is 15.6. The summed E-state index contributed by atoms with van der Waals surface area (Å²) in [6, 6.07) is -0.679. The van der Waals surface area contributed by atoms with Crippen LogP contribution in [0.5, 0.6) is 0 Å². The van der Waals surface area contributed by atoms with Crippen molar-refractivity contribution in [3.05, 3.63) is 11.9 Å². The van der Waals surface area contributed by atoms with E-state index in [0.717, 1.165) is 0 Å². The first kappa shape index (κ1) is 15.2. The highest BCUT2D eigenvalue weighted by Gasteiger charge is 2.33. The molecule has 21 heavy (non-hydrogen) atoms. The Kier molecular flexibility index (Phi) is 4.12. The van der Waals surface area contributed by atoms with E-state index < -0.39 is 17.7 Å². The monoisotopic (exact) mass is 298 g/mol. The van der Waals surface area contributed by atoms with E-state index in [-0.39, 0.29) is 17.8 Å². The van der Waals surface area contributed by atoms with Crippen LogP contribution in [0.1, 0.15) is 37.3 Å². The molecule has 1 aliphatic rings. The summed E-state index contributed by atoms with van der Waals surface area (Å²) >= 11 is 0. The smallest absolute Gasteiger partial charge is 0.408 e. The fourth-order valence-corrected chi connectivity index (χ4v) is 1.94. The lowest BCUT2D eigenvalue weighted by molar-refractivity contribution is 0.0490. The number of carbonyl (C=O) groups excluding carboxylic acids is 1. The van der Waals surface area contributed by atoms with Gasteiger partial charge in [-0.25, -0.2) is 14.3 Å². The molecule has 1 aromatic heterocycles. The largest absolute Gasteiger partial charge is 0.476 e. The van der Waals surface area contributed by atoms with Crippen LogP contribution < -0.4 is 5.32 Å². The molecule has 2 heterocycles. The predicted octanol–water partition coefficient (Wildman–Crippen LogP) is 0.441. The highest BCUT2D eigenvalue weighted by atomic mass is 16.6. The van der Waals surface area contributed by atoms with Gasteiger partial charge in [-0.05, 0) is 20.8 Å². The second-order valence-corrected chi connectivity index (χ2v) is 5.75. The van der Waals surface area contributed by atoms with Gasteiger partial charge in [-0.3, -0.25) is 0 Å². The minimum absolute atomic E-state index is 0.155.